The molecular weight excluding hydrogens is 312 g/mol. The number of carbonyl (C=O) groups excluding carboxylic acids is 2. The van der Waals surface area contributed by atoms with Gasteiger partial charge in [-0.05, 0) is 55.7 Å². The van der Waals surface area contributed by atoms with Gasteiger partial charge in [0.25, 0.3) is 11.8 Å². The average Bonchev–Trinajstić information content (AvgIpc) is 3.46. The fraction of sp³-hybridized carbons (Fsp3) is 0.238. The molecule has 3 rings (SSSR count). The van der Waals surface area contributed by atoms with Crippen LogP contribution in [-0.2, 0) is 4.79 Å². The van der Waals surface area contributed by atoms with Gasteiger partial charge >= 0.3 is 0 Å². The standard InChI is InChI=1S/C21H22N2O2/c1-2-23(19-6-4-3-5-7-19)20(24)15-10-16-8-11-17(12-9-16)21(25)22-18-13-14-18/h3-12,15,18H,2,13-14H2,1H3,(H,22,25). The summed E-state index contributed by atoms with van der Waals surface area (Å²) in [7, 11) is 0. The van der Waals surface area contributed by atoms with Crippen molar-refractivity contribution >= 4 is 23.6 Å². The third-order valence-corrected chi connectivity index (χ3v) is 4.15. The van der Waals surface area contributed by atoms with Crippen LogP contribution in [0.3, 0.4) is 0 Å². The minimum absolute atomic E-state index is 0.0321. The molecule has 0 aromatic heterocycles. The third kappa shape index (κ3) is 4.57. The van der Waals surface area contributed by atoms with E-state index in [4.69, 9.17) is 0 Å². The minimum Gasteiger partial charge on any atom is -0.349 e. The Bertz CT molecular complexity index is 762. The molecule has 0 unspecified atom stereocenters. The lowest BCUT2D eigenvalue weighted by atomic mass is 10.1. The summed E-state index contributed by atoms with van der Waals surface area (Å²) >= 11 is 0. The molecule has 1 aliphatic rings. The molecule has 0 radical (unpaired) electrons. The van der Waals surface area contributed by atoms with Crippen molar-refractivity contribution in [3.63, 3.8) is 0 Å². The molecule has 2 aromatic rings. The van der Waals surface area contributed by atoms with E-state index in [0.717, 1.165) is 24.1 Å². The van der Waals surface area contributed by atoms with Crippen molar-refractivity contribution in [1.82, 2.24) is 5.32 Å². The Morgan fingerprint density at radius 2 is 1.76 bits per heavy atom. The van der Waals surface area contributed by atoms with Crippen molar-refractivity contribution < 1.29 is 9.59 Å². The largest absolute Gasteiger partial charge is 0.349 e. The molecule has 2 aromatic carbocycles. The first-order valence-corrected chi connectivity index (χ1v) is 8.63. The lowest BCUT2D eigenvalue weighted by molar-refractivity contribution is -0.114. The van der Waals surface area contributed by atoms with Gasteiger partial charge in [0.15, 0.2) is 0 Å². The van der Waals surface area contributed by atoms with Crippen LogP contribution in [0.1, 0.15) is 35.7 Å². The van der Waals surface area contributed by atoms with Gasteiger partial charge in [0, 0.05) is 29.9 Å². The van der Waals surface area contributed by atoms with Crippen molar-refractivity contribution in [2.45, 2.75) is 25.8 Å². The summed E-state index contributed by atoms with van der Waals surface area (Å²) in [6.07, 6.45) is 5.49. The topological polar surface area (TPSA) is 49.4 Å². The highest BCUT2D eigenvalue weighted by molar-refractivity contribution is 6.03. The summed E-state index contributed by atoms with van der Waals surface area (Å²) in [5.74, 6) is -0.0976. The molecule has 0 heterocycles. The van der Waals surface area contributed by atoms with Crippen LogP contribution in [0, 0.1) is 0 Å². The van der Waals surface area contributed by atoms with E-state index in [2.05, 4.69) is 5.32 Å². The van der Waals surface area contributed by atoms with E-state index in [-0.39, 0.29) is 11.8 Å². The van der Waals surface area contributed by atoms with Crippen molar-refractivity contribution in [2.75, 3.05) is 11.4 Å². The van der Waals surface area contributed by atoms with Gasteiger partial charge in [-0.15, -0.1) is 0 Å². The van der Waals surface area contributed by atoms with E-state index < -0.39 is 0 Å². The molecule has 25 heavy (non-hydrogen) atoms. The molecule has 0 atom stereocenters. The summed E-state index contributed by atoms with van der Waals surface area (Å²) < 4.78 is 0. The van der Waals surface area contributed by atoms with E-state index in [1.54, 1.807) is 29.2 Å². The van der Waals surface area contributed by atoms with E-state index in [1.165, 1.54) is 0 Å². The second kappa shape index (κ2) is 7.79. The number of amides is 2. The van der Waals surface area contributed by atoms with Crippen LogP contribution in [0.2, 0.25) is 0 Å². The number of carbonyl (C=O) groups is 2. The molecule has 0 spiro atoms. The summed E-state index contributed by atoms with van der Waals surface area (Å²) in [5.41, 5.74) is 2.42. The van der Waals surface area contributed by atoms with Gasteiger partial charge in [0.2, 0.25) is 0 Å². The Labute approximate surface area is 148 Å². The number of nitrogens with zero attached hydrogens (tertiary/aromatic N) is 1. The fourth-order valence-corrected chi connectivity index (χ4v) is 2.57. The Kier molecular flexibility index (Phi) is 5.29. The highest BCUT2D eigenvalue weighted by Crippen LogP contribution is 2.19. The smallest absolute Gasteiger partial charge is 0.251 e. The van der Waals surface area contributed by atoms with Gasteiger partial charge in [0.1, 0.15) is 0 Å². The van der Waals surface area contributed by atoms with Gasteiger partial charge in [-0.25, -0.2) is 0 Å². The number of benzene rings is 2. The SMILES string of the molecule is CCN(C(=O)C=Cc1ccc(C(=O)NC2CC2)cc1)c1ccccc1. The van der Waals surface area contributed by atoms with Crippen LogP contribution in [0.25, 0.3) is 6.08 Å². The summed E-state index contributed by atoms with van der Waals surface area (Å²) in [6.45, 7) is 2.56. The number of anilines is 1. The highest BCUT2D eigenvalue weighted by Gasteiger charge is 2.23. The number of nitrogens with one attached hydrogen (secondary N) is 1. The number of likely N-dealkylation sites (N-methyl/N-ethyl adjacent to an activating group) is 1. The first kappa shape index (κ1) is 17.0. The molecule has 4 heteroatoms. The second-order valence-electron chi connectivity index (χ2n) is 6.12. The predicted molar refractivity (Wildman–Crippen MR) is 100 cm³/mol. The second-order valence-corrected chi connectivity index (χ2v) is 6.12. The molecule has 4 nitrogen and oxygen atoms in total. The maximum absolute atomic E-state index is 12.4. The van der Waals surface area contributed by atoms with Crippen LogP contribution >= 0.6 is 0 Å². The molecule has 0 saturated heterocycles. The molecule has 0 aliphatic heterocycles. The van der Waals surface area contributed by atoms with E-state index in [0.29, 0.717) is 18.2 Å². The predicted octanol–water partition coefficient (Wildman–Crippen LogP) is 3.65. The van der Waals surface area contributed by atoms with Crippen LogP contribution < -0.4 is 10.2 Å². The van der Waals surface area contributed by atoms with Gasteiger partial charge < -0.3 is 10.2 Å². The van der Waals surface area contributed by atoms with Crippen molar-refractivity contribution in [1.29, 1.82) is 0 Å². The maximum Gasteiger partial charge on any atom is 0.251 e. The Morgan fingerprint density at radius 3 is 2.36 bits per heavy atom. The fourth-order valence-electron chi connectivity index (χ4n) is 2.57. The molecule has 128 valence electrons. The number of hydrogen-bond acceptors (Lipinski definition) is 2. The van der Waals surface area contributed by atoms with Crippen LogP contribution in [0.4, 0.5) is 5.69 Å². The normalized spacial score (nSPS) is 13.6. The number of para-hydroxylation sites is 1. The first-order valence-electron chi connectivity index (χ1n) is 8.63. The van der Waals surface area contributed by atoms with Gasteiger partial charge in [-0.2, -0.15) is 0 Å². The zero-order valence-corrected chi connectivity index (χ0v) is 14.3. The van der Waals surface area contributed by atoms with Crippen molar-refractivity contribution in [2.24, 2.45) is 0 Å². The highest BCUT2D eigenvalue weighted by atomic mass is 16.2. The number of rotatable bonds is 6. The Morgan fingerprint density at radius 1 is 1.08 bits per heavy atom. The lowest BCUT2D eigenvalue weighted by Crippen LogP contribution is -2.28. The molecule has 1 N–H and O–H groups in total. The summed E-state index contributed by atoms with van der Waals surface area (Å²) in [4.78, 5) is 26.1. The van der Waals surface area contributed by atoms with E-state index in [1.807, 2.05) is 49.4 Å². The van der Waals surface area contributed by atoms with Gasteiger partial charge in [0.05, 0.1) is 0 Å². The van der Waals surface area contributed by atoms with Crippen molar-refractivity contribution in [3.8, 4) is 0 Å². The molecule has 1 saturated carbocycles. The van der Waals surface area contributed by atoms with Crippen molar-refractivity contribution in [3.05, 3.63) is 71.8 Å². The van der Waals surface area contributed by atoms with Crippen LogP contribution in [0.5, 0.6) is 0 Å². The lowest BCUT2D eigenvalue weighted by Gasteiger charge is -2.19. The van der Waals surface area contributed by atoms with E-state index >= 15 is 0 Å². The molecule has 0 bridgehead atoms. The quantitative estimate of drug-likeness (QED) is 0.820. The van der Waals surface area contributed by atoms with Gasteiger partial charge in [-0.3, -0.25) is 9.59 Å². The van der Waals surface area contributed by atoms with Crippen LogP contribution in [-0.4, -0.2) is 24.4 Å². The molecule has 2 amide bonds. The maximum atomic E-state index is 12.4. The Balaban J connectivity index is 1.64. The molecular formula is C21H22N2O2. The number of hydrogen-bond donors (Lipinski definition) is 1. The molecule has 1 aliphatic carbocycles. The average molecular weight is 334 g/mol. The Hall–Kier alpha value is -2.88. The summed E-state index contributed by atoms with van der Waals surface area (Å²) in [5, 5.41) is 2.96. The third-order valence-electron chi connectivity index (χ3n) is 4.15. The summed E-state index contributed by atoms with van der Waals surface area (Å²) in [6, 6.07) is 17.2. The van der Waals surface area contributed by atoms with Gasteiger partial charge in [-0.1, -0.05) is 30.3 Å². The van der Waals surface area contributed by atoms with Crippen LogP contribution in [0.15, 0.2) is 60.7 Å². The molecule has 1 fully saturated rings. The zero-order valence-electron chi connectivity index (χ0n) is 14.3. The first-order chi connectivity index (χ1) is 12.2. The monoisotopic (exact) mass is 334 g/mol. The minimum atomic E-state index is -0.0655. The zero-order chi connectivity index (χ0) is 17.6. The van der Waals surface area contributed by atoms with E-state index in [9.17, 15) is 9.59 Å².